The number of nitrogens with zero attached hydrogens (tertiary/aromatic N) is 1. The van der Waals surface area contributed by atoms with Crippen LogP contribution < -0.4 is 5.32 Å². The van der Waals surface area contributed by atoms with Crippen molar-refractivity contribution in [3.05, 3.63) is 35.9 Å². The summed E-state index contributed by atoms with van der Waals surface area (Å²) in [5, 5.41) is 3.66. The van der Waals surface area contributed by atoms with E-state index in [2.05, 4.69) is 54.5 Å². The van der Waals surface area contributed by atoms with Crippen molar-refractivity contribution in [1.82, 2.24) is 10.2 Å². The summed E-state index contributed by atoms with van der Waals surface area (Å²) in [6.07, 6.45) is 6.98. The second-order valence-corrected chi connectivity index (χ2v) is 6.91. The third-order valence-corrected chi connectivity index (χ3v) is 4.76. The van der Waals surface area contributed by atoms with Crippen LogP contribution >= 0.6 is 0 Å². The molecule has 0 saturated heterocycles. The normalized spacial score (nSPS) is 22.6. The van der Waals surface area contributed by atoms with Crippen molar-refractivity contribution < 1.29 is 0 Å². The van der Waals surface area contributed by atoms with Gasteiger partial charge in [-0.05, 0) is 63.3 Å². The van der Waals surface area contributed by atoms with Crippen LogP contribution in [0.5, 0.6) is 0 Å². The Balaban J connectivity index is 1.49. The summed E-state index contributed by atoms with van der Waals surface area (Å²) in [5.74, 6) is 1.90. The Bertz CT molecular complexity index is 368. The lowest BCUT2D eigenvalue weighted by atomic mass is 9.83. The zero-order valence-corrected chi connectivity index (χ0v) is 13.9. The summed E-state index contributed by atoms with van der Waals surface area (Å²) in [6, 6.07) is 10.7. The van der Waals surface area contributed by atoms with Crippen LogP contribution in [0.1, 0.15) is 44.6 Å². The van der Waals surface area contributed by atoms with Crippen molar-refractivity contribution in [3.63, 3.8) is 0 Å². The van der Waals surface area contributed by atoms with E-state index >= 15 is 0 Å². The van der Waals surface area contributed by atoms with Crippen molar-refractivity contribution in [2.24, 2.45) is 11.8 Å². The molecule has 1 aliphatic rings. The average molecular weight is 288 g/mol. The Labute approximate surface area is 130 Å². The van der Waals surface area contributed by atoms with Gasteiger partial charge in [0, 0.05) is 6.54 Å². The predicted molar refractivity (Wildman–Crippen MR) is 91.4 cm³/mol. The summed E-state index contributed by atoms with van der Waals surface area (Å²) in [5.41, 5.74) is 1.41. The third kappa shape index (κ3) is 6.62. The molecule has 1 saturated carbocycles. The fourth-order valence-electron chi connectivity index (χ4n) is 3.29. The molecule has 0 aliphatic heterocycles. The molecule has 1 aliphatic carbocycles. The zero-order valence-electron chi connectivity index (χ0n) is 13.9. The van der Waals surface area contributed by atoms with Crippen molar-refractivity contribution in [2.45, 2.75) is 45.6 Å². The van der Waals surface area contributed by atoms with Crippen molar-refractivity contribution >= 4 is 0 Å². The van der Waals surface area contributed by atoms with E-state index in [1.54, 1.807) is 0 Å². The molecule has 0 bridgehead atoms. The monoisotopic (exact) mass is 288 g/mol. The predicted octanol–water partition coefficient (Wildman–Crippen LogP) is 3.92. The van der Waals surface area contributed by atoms with E-state index in [1.807, 2.05) is 0 Å². The second kappa shape index (κ2) is 9.22. The quantitative estimate of drug-likeness (QED) is 0.729. The van der Waals surface area contributed by atoms with Gasteiger partial charge in [0.05, 0.1) is 0 Å². The van der Waals surface area contributed by atoms with E-state index in [-0.39, 0.29) is 0 Å². The molecule has 0 amide bonds. The molecular formula is C19H32N2. The van der Waals surface area contributed by atoms with E-state index in [0.29, 0.717) is 0 Å². The highest BCUT2D eigenvalue weighted by molar-refractivity contribution is 5.14. The summed E-state index contributed by atoms with van der Waals surface area (Å²) in [7, 11) is 2.22. The van der Waals surface area contributed by atoms with Crippen LogP contribution in [0.4, 0.5) is 0 Å². The molecule has 21 heavy (non-hydrogen) atoms. The summed E-state index contributed by atoms with van der Waals surface area (Å²) in [4.78, 5) is 2.42. The molecule has 0 unspecified atom stereocenters. The van der Waals surface area contributed by atoms with E-state index in [9.17, 15) is 0 Å². The summed E-state index contributed by atoms with van der Waals surface area (Å²) in [6.45, 7) is 7.01. The van der Waals surface area contributed by atoms with Gasteiger partial charge in [0.2, 0.25) is 0 Å². The molecule has 2 nitrogen and oxygen atoms in total. The largest absolute Gasteiger partial charge is 0.316 e. The Morgan fingerprint density at radius 3 is 2.52 bits per heavy atom. The Kier molecular flexibility index (Phi) is 7.25. The third-order valence-electron chi connectivity index (χ3n) is 4.76. The number of nitrogens with one attached hydrogen (secondary N) is 1. The Morgan fingerprint density at radius 1 is 1.10 bits per heavy atom. The van der Waals surface area contributed by atoms with Crippen molar-refractivity contribution in [3.8, 4) is 0 Å². The Hall–Kier alpha value is -0.860. The molecule has 2 rings (SSSR count). The maximum Gasteiger partial charge on any atom is 0.0230 e. The SMILES string of the molecule is CC1CCC(CNCCCN(C)Cc2ccccc2)CC1. The van der Waals surface area contributed by atoms with Gasteiger partial charge < -0.3 is 10.2 Å². The van der Waals surface area contributed by atoms with Crippen LogP contribution in [-0.4, -0.2) is 31.6 Å². The van der Waals surface area contributed by atoms with Gasteiger partial charge in [0.25, 0.3) is 0 Å². The fraction of sp³-hybridized carbons (Fsp3) is 0.684. The van der Waals surface area contributed by atoms with Gasteiger partial charge in [-0.3, -0.25) is 0 Å². The maximum absolute atomic E-state index is 3.66. The highest BCUT2D eigenvalue weighted by atomic mass is 15.1. The number of rotatable bonds is 8. The molecule has 0 radical (unpaired) electrons. The first kappa shape index (κ1) is 16.5. The lowest BCUT2D eigenvalue weighted by Crippen LogP contribution is -2.29. The van der Waals surface area contributed by atoms with E-state index in [0.717, 1.165) is 24.9 Å². The van der Waals surface area contributed by atoms with Crippen LogP contribution in [0.15, 0.2) is 30.3 Å². The first-order chi connectivity index (χ1) is 10.2. The molecule has 1 aromatic carbocycles. The highest BCUT2D eigenvalue weighted by Gasteiger charge is 2.17. The molecular weight excluding hydrogens is 256 g/mol. The highest BCUT2D eigenvalue weighted by Crippen LogP contribution is 2.27. The lowest BCUT2D eigenvalue weighted by molar-refractivity contribution is 0.277. The van der Waals surface area contributed by atoms with Crippen molar-refractivity contribution in [2.75, 3.05) is 26.7 Å². The van der Waals surface area contributed by atoms with Gasteiger partial charge in [0.15, 0.2) is 0 Å². The minimum atomic E-state index is 0.934. The minimum Gasteiger partial charge on any atom is -0.316 e. The van der Waals surface area contributed by atoms with Gasteiger partial charge >= 0.3 is 0 Å². The van der Waals surface area contributed by atoms with Crippen LogP contribution in [-0.2, 0) is 6.54 Å². The molecule has 0 spiro atoms. The molecule has 0 aromatic heterocycles. The molecule has 1 fully saturated rings. The second-order valence-electron chi connectivity index (χ2n) is 6.91. The number of hydrogen-bond acceptors (Lipinski definition) is 2. The van der Waals surface area contributed by atoms with E-state index < -0.39 is 0 Å². The summed E-state index contributed by atoms with van der Waals surface area (Å²) >= 11 is 0. The lowest BCUT2D eigenvalue weighted by Gasteiger charge is -2.26. The average Bonchev–Trinajstić information content (AvgIpc) is 2.50. The van der Waals surface area contributed by atoms with Gasteiger partial charge in [-0.15, -0.1) is 0 Å². The van der Waals surface area contributed by atoms with Gasteiger partial charge in [-0.1, -0.05) is 50.1 Å². The zero-order chi connectivity index (χ0) is 14.9. The topological polar surface area (TPSA) is 15.3 Å². The van der Waals surface area contributed by atoms with Crippen LogP contribution in [0.25, 0.3) is 0 Å². The first-order valence-electron chi connectivity index (χ1n) is 8.67. The number of hydrogen-bond donors (Lipinski definition) is 1. The Morgan fingerprint density at radius 2 is 1.81 bits per heavy atom. The standard InChI is InChI=1S/C19H32N2/c1-17-9-11-18(12-10-17)15-20-13-6-14-21(2)16-19-7-4-3-5-8-19/h3-5,7-8,17-18,20H,6,9-16H2,1-2H3. The smallest absolute Gasteiger partial charge is 0.0230 e. The summed E-state index contributed by atoms with van der Waals surface area (Å²) < 4.78 is 0. The van der Waals surface area contributed by atoms with Crippen LogP contribution in [0.2, 0.25) is 0 Å². The van der Waals surface area contributed by atoms with Gasteiger partial charge in [-0.25, -0.2) is 0 Å². The van der Waals surface area contributed by atoms with E-state index in [4.69, 9.17) is 0 Å². The minimum absolute atomic E-state index is 0.934. The first-order valence-corrected chi connectivity index (χ1v) is 8.67. The maximum atomic E-state index is 3.66. The fourth-order valence-corrected chi connectivity index (χ4v) is 3.29. The number of benzene rings is 1. The molecule has 0 heterocycles. The van der Waals surface area contributed by atoms with Crippen LogP contribution in [0, 0.1) is 11.8 Å². The van der Waals surface area contributed by atoms with Gasteiger partial charge in [-0.2, -0.15) is 0 Å². The molecule has 118 valence electrons. The van der Waals surface area contributed by atoms with Gasteiger partial charge in [0.1, 0.15) is 0 Å². The van der Waals surface area contributed by atoms with Crippen molar-refractivity contribution in [1.29, 1.82) is 0 Å². The molecule has 1 N–H and O–H groups in total. The molecule has 0 atom stereocenters. The molecule has 2 heteroatoms. The van der Waals surface area contributed by atoms with Crippen LogP contribution in [0.3, 0.4) is 0 Å². The molecule has 1 aromatic rings. The van der Waals surface area contributed by atoms with E-state index in [1.165, 1.54) is 50.8 Å².